The Morgan fingerprint density at radius 3 is 2.82 bits per heavy atom. The van der Waals surface area contributed by atoms with E-state index in [0.717, 1.165) is 36.6 Å². The van der Waals surface area contributed by atoms with Gasteiger partial charge in [-0.05, 0) is 44.5 Å². The van der Waals surface area contributed by atoms with Crippen LogP contribution in [0.15, 0.2) is 18.2 Å². The fraction of sp³-hybridized carbons (Fsp3) is 0.562. The van der Waals surface area contributed by atoms with Crippen LogP contribution < -0.4 is 14.8 Å². The van der Waals surface area contributed by atoms with Crippen LogP contribution in [0.1, 0.15) is 25.8 Å². The number of carbonyl (C=O) groups is 1. The average molecular weight is 327 g/mol. The zero-order valence-electron chi connectivity index (χ0n) is 13.1. The second kappa shape index (κ2) is 6.75. The zero-order chi connectivity index (χ0) is 14.9. The maximum Gasteiger partial charge on any atom is 0.231 e. The lowest BCUT2D eigenvalue weighted by Gasteiger charge is -2.30. The Balaban J connectivity index is 0.00000176. The second-order valence-electron chi connectivity index (χ2n) is 5.99. The molecule has 1 saturated heterocycles. The van der Waals surface area contributed by atoms with Crippen molar-refractivity contribution in [3.8, 4) is 11.5 Å². The fourth-order valence-corrected chi connectivity index (χ4v) is 2.97. The largest absolute Gasteiger partial charge is 0.454 e. The molecule has 0 bridgehead atoms. The Bertz CT molecular complexity index is 544. The van der Waals surface area contributed by atoms with Gasteiger partial charge in [-0.2, -0.15) is 0 Å². The van der Waals surface area contributed by atoms with Crippen LogP contribution >= 0.6 is 12.4 Å². The van der Waals surface area contributed by atoms with Crippen LogP contribution in [-0.2, 0) is 11.3 Å². The van der Waals surface area contributed by atoms with Crippen molar-refractivity contribution in [1.82, 2.24) is 10.2 Å². The second-order valence-corrected chi connectivity index (χ2v) is 5.99. The standard InChI is InChI=1S/C16H22N2O3.ClH/c1-3-18(15(19)16(2)6-7-17-10-16)9-12-4-5-13-14(8-12)21-11-20-13;/h4-5,8,17H,3,6-7,9-11H2,1-2H3;1H. The van der Waals surface area contributed by atoms with Crippen molar-refractivity contribution in [3.05, 3.63) is 23.8 Å². The molecular formula is C16H23ClN2O3. The third-order valence-corrected chi connectivity index (χ3v) is 4.36. The maximum absolute atomic E-state index is 12.8. The van der Waals surface area contributed by atoms with E-state index in [1.54, 1.807) is 0 Å². The summed E-state index contributed by atoms with van der Waals surface area (Å²) in [6.07, 6.45) is 0.906. The third kappa shape index (κ3) is 3.15. The molecule has 1 aromatic rings. The van der Waals surface area contributed by atoms with Gasteiger partial charge in [-0.25, -0.2) is 0 Å². The Hall–Kier alpha value is -1.46. The normalized spacial score (nSPS) is 22.3. The predicted octanol–water partition coefficient (Wildman–Crippen LogP) is 2.19. The van der Waals surface area contributed by atoms with Gasteiger partial charge in [-0.15, -0.1) is 12.4 Å². The van der Waals surface area contributed by atoms with Gasteiger partial charge in [0.25, 0.3) is 0 Å². The quantitative estimate of drug-likeness (QED) is 0.921. The number of carbonyl (C=O) groups excluding carboxylic acids is 1. The minimum atomic E-state index is -0.271. The number of nitrogens with zero attached hydrogens (tertiary/aromatic N) is 1. The van der Waals surface area contributed by atoms with E-state index in [1.807, 2.05) is 30.0 Å². The summed E-state index contributed by atoms with van der Waals surface area (Å²) >= 11 is 0. The van der Waals surface area contributed by atoms with Crippen LogP contribution in [0.3, 0.4) is 0 Å². The number of fused-ring (bicyclic) bond motifs is 1. The van der Waals surface area contributed by atoms with Crippen LogP contribution in [0.5, 0.6) is 11.5 Å². The number of amides is 1. The molecular weight excluding hydrogens is 304 g/mol. The van der Waals surface area contributed by atoms with E-state index in [0.29, 0.717) is 13.1 Å². The molecule has 1 amide bonds. The molecule has 1 aromatic carbocycles. The molecule has 0 aromatic heterocycles. The molecule has 22 heavy (non-hydrogen) atoms. The molecule has 1 unspecified atom stereocenters. The first-order valence-electron chi connectivity index (χ1n) is 7.51. The summed E-state index contributed by atoms with van der Waals surface area (Å²) in [5.74, 6) is 1.78. The number of halogens is 1. The van der Waals surface area contributed by atoms with Gasteiger partial charge in [-0.1, -0.05) is 6.07 Å². The first-order chi connectivity index (χ1) is 10.1. The summed E-state index contributed by atoms with van der Waals surface area (Å²) in [5.41, 5.74) is 0.802. The number of nitrogens with one attached hydrogen (secondary N) is 1. The van der Waals surface area contributed by atoms with Gasteiger partial charge < -0.3 is 19.7 Å². The molecule has 6 heteroatoms. The van der Waals surface area contributed by atoms with Gasteiger partial charge in [0.2, 0.25) is 12.7 Å². The van der Waals surface area contributed by atoms with E-state index in [1.165, 1.54) is 0 Å². The molecule has 2 aliphatic heterocycles. The number of benzene rings is 1. The lowest BCUT2D eigenvalue weighted by Crippen LogP contribution is -2.43. The van der Waals surface area contributed by atoms with Gasteiger partial charge >= 0.3 is 0 Å². The lowest BCUT2D eigenvalue weighted by molar-refractivity contribution is -0.140. The molecule has 2 aliphatic rings. The van der Waals surface area contributed by atoms with Gasteiger partial charge in [-0.3, -0.25) is 4.79 Å². The van der Waals surface area contributed by atoms with Gasteiger partial charge in [0, 0.05) is 19.6 Å². The Labute approximate surface area is 137 Å². The first kappa shape index (κ1) is 16.9. The molecule has 3 rings (SSSR count). The van der Waals surface area contributed by atoms with E-state index in [-0.39, 0.29) is 30.5 Å². The Morgan fingerprint density at radius 2 is 2.14 bits per heavy atom. The highest BCUT2D eigenvalue weighted by atomic mass is 35.5. The van der Waals surface area contributed by atoms with Crippen molar-refractivity contribution in [2.45, 2.75) is 26.8 Å². The molecule has 5 nitrogen and oxygen atoms in total. The van der Waals surface area contributed by atoms with Crippen molar-refractivity contribution < 1.29 is 14.3 Å². The van der Waals surface area contributed by atoms with Gasteiger partial charge in [0.05, 0.1) is 5.41 Å². The summed E-state index contributed by atoms with van der Waals surface area (Å²) in [6.45, 7) is 7.37. The molecule has 0 saturated carbocycles. The minimum Gasteiger partial charge on any atom is -0.454 e. The van der Waals surface area contributed by atoms with Crippen LogP contribution in [0.2, 0.25) is 0 Å². The smallest absolute Gasteiger partial charge is 0.231 e. The topological polar surface area (TPSA) is 50.8 Å². The fourth-order valence-electron chi connectivity index (χ4n) is 2.97. The average Bonchev–Trinajstić information content (AvgIpc) is 3.13. The van der Waals surface area contributed by atoms with Crippen molar-refractivity contribution in [1.29, 1.82) is 0 Å². The molecule has 0 spiro atoms. The molecule has 122 valence electrons. The summed E-state index contributed by atoms with van der Waals surface area (Å²) in [7, 11) is 0. The molecule has 1 N–H and O–H groups in total. The Morgan fingerprint density at radius 1 is 1.36 bits per heavy atom. The van der Waals surface area contributed by atoms with Crippen molar-refractivity contribution in [2.75, 3.05) is 26.4 Å². The van der Waals surface area contributed by atoms with Crippen LogP contribution in [0.4, 0.5) is 0 Å². The van der Waals surface area contributed by atoms with Gasteiger partial charge in [0.1, 0.15) is 0 Å². The Kier molecular flexibility index (Phi) is 5.19. The highest BCUT2D eigenvalue weighted by Crippen LogP contribution is 2.33. The molecule has 0 aliphatic carbocycles. The molecule has 1 fully saturated rings. The van der Waals surface area contributed by atoms with Crippen LogP contribution in [0, 0.1) is 5.41 Å². The summed E-state index contributed by atoms with van der Waals surface area (Å²) < 4.78 is 10.7. The van der Waals surface area contributed by atoms with E-state index in [9.17, 15) is 4.79 Å². The monoisotopic (exact) mass is 326 g/mol. The third-order valence-electron chi connectivity index (χ3n) is 4.36. The van der Waals surface area contributed by atoms with E-state index < -0.39 is 0 Å². The lowest BCUT2D eigenvalue weighted by atomic mass is 9.88. The zero-order valence-corrected chi connectivity index (χ0v) is 13.9. The number of hydrogen-bond donors (Lipinski definition) is 1. The molecule has 2 heterocycles. The predicted molar refractivity (Wildman–Crippen MR) is 86.5 cm³/mol. The van der Waals surface area contributed by atoms with Crippen molar-refractivity contribution >= 4 is 18.3 Å². The highest BCUT2D eigenvalue weighted by molar-refractivity contribution is 5.85. The van der Waals surface area contributed by atoms with Crippen LogP contribution in [-0.4, -0.2) is 37.2 Å². The SMILES string of the molecule is CCN(Cc1ccc2c(c1)OCO2)C(=O)C1(C)CCNC1.Cl. The summed E-state index contributed by atoms with van der Waals surface area (Å²) in [4.78, 5) is 14.7. The van der Waals surface area contributed by atoms with E-state index in [2.05, 4.69) is 12.2 Å². The minimum absolute atomic E-state index is 0. The summed E-state index contributed by atoms with van der Waals surface area (Å²) in [6, 6.07) is 5.88. The first-order valence-corrected chi connectivity index (χ1v) is 7.51. The number of rotatable bonds is 4. The van der Waals surface area contributed by atoms with E-state index in [4.69, 9.17) is 9.47 Å². The number of hydrogen-bond acceptors (Lipinski definition) is 4. The molecule has 0 radical (unpaired) electrons. The van der Waals surface area contributed by atoms with E-state index >= 15 is 0 Å². The van der Waals surface area contributed by atoms with Crippen LogP contribution in [0.25, 0.3) is 0 Å². The molecule has 1 atom stereocenters. The highest BCUT2D eigenvalue weighted by Gasteiger charge is 2.38. The number of ether oxygens (including phenoxy) is 2. The van der Waals surface area contributed by atoms with Gasteiger partial charge in [0.15, 0.2) is 11.5 Å². The maximum atomic E-state index is 12.8. The van der Waals surface area contributed by atoms with Crippen molar-refractivity contribution in [2.24, 2.45) is 5.41 Å². The summed E-state index contributed by atoms with van der Waals surface area (Å²) in [5, 5.41) is 3.29. The van der Waals surface area contributed by atoms with Crippen molar-refractivity contribution in [3.63, 3.8) is 0 Å².